The lowest BCUT2D eigenvalue weighted by atomic mass is 9.93. The molecule has 5 nitrogen and oxygen atoms in total. The summed E-state index contributed by atoms with van der Waals surface area (Å²) in [5, 5.41) is 15.5. The Balaban J connectivity index is 1.93. The molecule has 1 saturated carbocycles. The number of aliphatic hydroxyl groups is 1. The van der Waals surface area contributed by atoms with Crippen molar-refractivity contribution in [2.24, 2.45) is 0 Å². The van der Waals surface area contributed by atoms with Gasteiger partial charge in [0, 0.05) is 17.4 Å². The molecule has 104 valence electrons. The zero-order chi connectivity index (χ0) is 13.7. The summed E-state index contributed by atoms with van der Waals surface area (Å²) in [6, 6.07) is 7.92. The van der Waals surface area contributed by atoms with Gasteiger partial charge in [0.05, 0.1) is 13.2 Å². The number of hydrogen-bond donors (Lipinski definition) is 3. The molecule has 1 aromatic rings. The number of benzene rings is 1. The molecule has 1 aliphatic carbocycles. The highest BCUT2D eigenvalue weighted by Crippen LogP contribution is 2.23. The first kappa shape index (κ1) is 13.7. The molecule has 1 aliphatic rings. The average molecular weight is 264 g/mol. The van der Waals surface area contributed by atoms with Crippen molar-refractivity contribution in [3.63, 3.8) is 0 Å². The van der Waals surface area contributed by atoms with Crippen molar-refractivity contribution in [3.05, 3.63) is 24.3 Å². The Morgan fingerprint density at radius 2 is 1.95 bits per heavy atom. The Labute approximate surface area is 113 Å². The van der Waals surface area contributed by atoms with Crippen LogP contribution in [0.25, 0.3) is 0 Å². The highest BCUT2D eigenvalue weighted by Gasteiger charge is 2.19. The van der Waals surface area contributed by atoms with Crippen molar-refractivity contribution in [2.75, 3.05) is 17.7 Å². The molecular weight excluding hydrogens is 244 g/mol. The third kappa shape index (κ3) is 4.13. The van der Waals surface area contributed by atoms with Crippen LogP contribution in [0, 0.1) is 0 Å². The number of amides is 1. The maximum atomic E-state index is 11.1. The molecule has 0 saturated heterocycles. The highest BCUT2D eigenvalue weighted by atomic mass is 16.5. The minimum absolute atomic E-state index is 0.148. The third-order valence-electron chi connectivity index (χ3n) is 3.36. The summed E-state index contributed by atoms with van der Waals surface area (Å²) in [5.41, 5.74) is 1.67. The molecule has 0 heterocycles. The smallest absolute Gasteiger partial charge is 0.411 e. The van der Waals surface area contributed by atoms with Gasteiger partial charge in [0.15, 0.2) is 0 Å². The first-order valence-electron chi connectivity index (χ1n) is 6.57. The molecule has 0 radical (unpaired) electrons. The predicted molar refractivity (Wildman–Crippen MR) is 74.4 cm³/mol. The molecule has 0 unspecified atom stereocenters. The van der Waals surface area contributed by atoms with Crippen LogP contribution in [0.2, 0.25) is 0 Å². The van der Waals surface area contributed by atoms with Gasteiger partial charge in [0.25, 0.3) is 0 Å². The molecule has 1 amide bonds. The fourth-order valence-corrected chi connectivity index (χ4v) is 2.31. The molecule has 0 aliphatic heterocycles. The van der Waals surface area contributed by atoms with Crippen LogP contribution < -0.4 is 10.6 Å². The Kier molecular flexibility index (Phi) is 4.63. The summed E-state index contributed by atoms with van der Waals surface area (Å²) in [6.07, 6.45) is 3.00. The van der Waals surface area contributed by atoms with E-state index < -0.39 is 6.09 Å². The quantitative estimate of drug-likeness (QED) is 0.784. The number of hydrogen-bond acceptors (Lipinski definition) is 4. The van der Waals surface area contributed by atoms with Crippen LogP contribution in [-0.4, -0.2) is 30.5 Å². The normalized spacial score (nSPS) is 22.6. The van der Waals surface area contributed by atoms with E-state index in [1.165, 1.54) is 7.11 Å². The molecule has 1 fully saturated rings. The van der Waals surface area contributed by atoms with Gasteiger partial charge in [-0.25, -0.2) is 4.79 Å². The Morgan fingerprint density at radius 3 is 2.63 bits per heavy atom. The maximum absolute atomic E-state index is 11.1. The topological polar surface area (TPSA) is 70.6 Å². The number of carbonyl (C=O) groups excluding carboxylic acids is 1. The van der Waals surface area contributed by atoms with Crippen LogP contribution in [0.1, 0.15) is 25.7 Å². The molecular formula is C14H20N2O3. The van der Waals surface area contributed by atoms with E-state index in [1.807, 2.05) is 24.3 Å². The van der Waals surface area contributed by atoms with E-state index in [0.717, 1.165) is 31.4 Å². The van der Waals surface area contributed by atoms with Gasteiger partial charge in [-0.2, -0.15) is 0 Å². The zero-order valence-electron chi connectivity index (χ0n) is 11.1. The SMILES string of the molecule is COC(=O)Nc1cccc(NC2CCC(O)CC2)c1. The van der Waals surface area contributed by atoms with Crippen LogP contribution in [0.3, 0.4) is 0 Å². The molecule has 3 N–H and O–H groups in total. The second kappa shape index (κ2) is 6.43. The molecule has 1 aromatic carbocycles. The van der Waals surface area contributed by atoms with Crippen LogP contribution in [0.15, 0.2) is 24.3 Å². The largest absolute Gasteiger partial charge is 0.453 e. The average Bonchev–Trinajstić information content (AvgIpc) is 2.42. The van der Waals surface area contributed by atoms with E-state index >= 15 is 0 Å². The minimum atomic E-state index is -0.474. The van der Waals surface area contributed by atoms with E-state index in [4.69, 9.17) is 0 Å². The molecule has 0 aromatic heterocycles. The fraction of sp³-hybridized carbons (Fsp3) is 0.500. The van der Waals surface area contributed by atoms with Gasteiger partial charge in [-0.05, 0) is 43.9 Å². The van der Waals surface area contributed by atoms with Crippen LogP contribution >= 0.6 is 0 Å². The number of rotatable bonds is 3. The molecule has 19 heavy (non-hydrogen) atoms. The lowest BCUT2D eigenvalue weighted by Gasteiger charge is -2.27. The molecule has 0 spiro atoms. The Hall–Kier alpha value is -1.75. The van der Waals surface area contributed by atoms with Gasteiger partial charge in [-0.1, -0.05) is 6.07 Å². The predicted octanol–water partition coefficient (Wildman–Crippen LogP) is 2.58. The molecule has 0 atom stereocenters. The fourth-order valence-electron chi connectivity index (χ4n) is 2.31. The van der Waals surface area contributed by atoms with E-state index in [2.05, 4.69) is 15.4 Å². The van der Waals surface area contributed by atoms with Crippen LogP contribution in [0.4, 0.5) is 16.2 Å². The van der Waals surface area contributed by atoms with E-state index in [0.29, 0.717) is 11.7 Å². The van der Waals surface area contributed by atoms with Crippen molar-refractivity contribution >= 4 is 17.5 Å². The summed E-state index contributed by atoms with van der Waals surface area (Å²) in [6.45, 7) is 0. The number of methoxy groups -OCH3 is 1. The lowest BCUT2D eigenvalue weighted by molar-refractivity contribution is 0.126. The summed E-state index contributed by atoms with van der Waals surface area (Å²) >= 11 is 0. The molecule has 0 bridgehead atoms. The number of carbonyl (C=O) groups is 1. The summed E-state index contributed by atoms with van der Waals surface area (Å²) in [7, 11) is 1.34. The zero-order valence-corrected chi connectivity index (χ0v) is 11.1. The van der Waals surface area contributed by atoms with E-state index in [1.54, 1.807) is 0 Å². The number of nitrogens with one attached hydrogen (secondary N) is 2. The second-order valence-corrected chi connectivity index (χ2v) is 4.85. The number of anilines is 2. The Bertz CT molecular complexity index is 428. The van der Waals surface area contributed by atoms with Crippen LogP contribution in [-0.2, 0) is 4.74 Å². The highest BCUT2D eigenvalue weighted by molar-refractivity contribution is 5.85. The van der Waals surface area contributed by atoms with Gasteiger partial charge in [-0.15, -0.1) is 0 Å². The van der Waals surface area contributed by atoms with Gasteiger partial charge in [0.1, 0.15) is 0 Å². The van der Waals surface area contributed by atoms with Crippen molar-refractivity contribution in [3.8, 4) is 0 Å². The van der Waals surface area contributed by atoms with Gasteiger partial charge >= 0.3 is 6.09 Å². The van der Waals surface area contributed by atoms with Crippen LogP contribution in [0.5, 0.6) is 0 Å². The lowest BCUT2D eigenvalue weighted by Crippen LogP contribution is -2.28. The monoisotopic (exact) mass is 264 g/mol. The van der Waals surface area contributed by atoms with Crippen molar-refractivity contribution in [2.45, 2.75) is 37.8 Å². The first-order chi connectivity index (χ1) is 9.17. The summed E-state index contributed by atoms with van der Waals surface area (Å²) < 4.78 is 4.56. The Morgan fingerprint density at radius 1 is 1.26 bits per heavy atom. The summed E-state index contributed by atoms with van der Waals surface area (Å²) in [5.74, 6) is 0. The molecule has 5 heteroatoms. The maximum Gasteiger partial charge on any atom is 0.411 e. The number of ether oxygens (including phenoxy) is 1. The first-order valence-corrected chi connectivity index (χ1v) is 6.57. The van der Waals surface area contributed by atoms with E-state index in [-0.39, 0.29) is 6.10 Å². The van der Waals surface area contributed by atoms with Crippen molar-refractivity contribution in [1.29, 1.82) is 0 Å². The molecule has 2 rings (SSSR count). The van der Waals surface area contributed by atoms with Gasteiger partial charge in [0.2, 0.25) is 0 Å². The van der Waals surface area contributed by atoms with Crippen molar-refractivity contribution < 1.29 is 14.6 Å². The second-order valence-electron chi connectivity index (χ2n) is 4.85. The standard InChI is InChI=1S/C14H20N2O3/c1-19-14(18)16-12-4-2-3-11(9-12)15-10-5-7-13(17)8-6-10/h2-4,9-10,13,15,17H,5-8H2,1H3,(H,16,18). The summed E-state index contributed by atoms with van der Waals surface area (Å²) in [4.78, 5) is 11.1. The minimum Gasteiger partial charge on any atom is -0.453 e. The number of aliphatic hydroxyl groups excluding tert-OH is 1. The van der Waals surface area contributed by atoms with Crippen molar-refractivity contribution in [1.82, 2.24) is 0 Å². The van der Waals surface area contributed by atoms with Gasteiger partial charge < -0.3 is 15.2 Å². The third-order valence-corrected chi connectivity index (χ3v) is 3.36. The van der Waals surface area contributed by atoms with E-state index in [9.17, 15) is 9.90 Å². The van der Waals surface area contributed by atoms with Gasteiger partial charge in [-0.3, -0.25) is 5.32 Å².